The van der Waals surface area contributed by atoms with Crippen LogP contribution >= 0.6 is 0 Å². The lowest BCUT2D eigenvalue weighted by molar-refractivity contribution is -0.117. The van der Waals surface area contributed by atoms with Gasteiger partial charge >= 0.3 is 0 Å². The molecular formula is C22H25F2N3O2. The van der Waals surface area contributed by atoms with Crippen molar-refractivity contribution >= 4 is 17.7 Å². The molecule has 3 N–H and O–H groups in total. The Morgan fingerprint density at radius 1 is 1.34 bits per heavy atom. The number of morpholine rings is 1. The molecule has 0 radical (unpaired) electrons. The Labute approximate surface area is 169 Å². The molecule has 1 amide bonds. The number of amides is 1. The van der Waals surface area contributed by atoms with E-state index in [-0.39, 0.29) is 23.6 Å². The Morgan fingerprint density at radius 2 is 2.17 bits per heavy atom. The third-order valence-corrected chi connectivity index (χ3v) is 4.87. The molecule has 0 saturated carbocycles. The summed E-state index contributed by atoms with van der Waals surface area (Å²) in [6.45, 7) is 4.47. The van der Waals surface area contributed by atoms with Crippen molar-refractivity contribution in [3.8, 4) is 0 Å². The molecule has 0 spiro atoms. The van der Waals surface area contributed by atoms with Crippen LogP contribution < -0.4 is 16.0 Å². The number of nitrogens with one attached hydrogen (secondary N) is 1. The quantitative estimate of drug-likeness (QED) is 0.731. The van der Waals surface area contributed by atoms with Crippen molar-refractivity contribution < 1.29 is 18.3 Å². The lowest BCUT2D eigenvalue weighted by atomic mass is 10.1. The topological polar surface area (TPSA) is 67.6 Å². The molecule has 0 aliphatic carbocycles. The van der Waals surface area contributed by atoms with Crippen LogP contribution in [0.4, 0.5) is 14.5 Å². The molecule has 3 rings (SSSR count). The standard InChI is InChI=1S/C22H25F2N3O2/c1-15(26-22(28)8-5-17-11-18(23)6-7-21(17)24)16-3-2-4-19(12-16)27-9-10-29-20(13-25)14-27/h2-8,11-12,15,20H,9-10,13-14,25H2,1H3,(H,26,28)/t15?,20-/m0/s1. The molecule has 5 nitrogen and oxygen atoms in total. The maximum atomic E-state index is 13.7. The lowest BCUT2D eigenvalue weighted by Crippen LogP contribution is -2.45. The van der Waals surface area contributed by atoms with Gasteiger partial charge in [0, 0.05) is 37.0 Å². The Kier molecular flexibility index (Phi) is 6.95. The van der Waals surface area contributed by atoms with Crippen molar-refractivity contribution in [1.82, 2.24) is 5.32 Å². The van der Waals surface area contributed by atoms with Crippen molar-refractivity contribution in [2.45, 2.75) is 19.1 Å². The van der Waals surface area contributed by atoms with Gasteiger partial charge in [0.1, 0.15) is 11.6 Å². The van der Waals surface area contributed by atoms with E-state index in [1.165, 1.54) is 12.2 Å². The molecule has 1 saturated heterocycles. The predicted molar refractivity (Wildman–Crippen MR) is 109 cm³/mol. The van der Waals surface area contributed by atoms with E-state index >= 15 is 0 Å². The smallest absolute Gasteiger partial charge is 0.244 e. The van der Waals surface area contributed by atoms with Crippen LogP contribution in [0, 0.1) is 11.6 Å². The number of carbonyl (C=O) groups is 1. The van der Waals surface area contributed by atoms with Crippen LogP contribution in [0.3, 0.4) is 0 Å². The second-order valence-corrected chi connectivity index (χ2v) is 7.00. The Balaban J connectivity index is 1.64. The number of benzene rings is 2. The van der Waals surface area contributed by atoms with Crippen molar-refractivity contribution in [2.75, 3.05) is 31.1 Å². The molecule has 1 fully saturated rings. The van der Waals surface area contributed by atoms with Crippen molar-refractivity contribution in [1.29, 1.82) is 0 Å². The van der Waals surface area contributed by atoms with Gasteiger partial charge in [0.25, 0.3) is 0 Å². The largest absolute Gasteiger partial charge is 0.373 e. The van der Waals surface area contributed by atoms with Crippen LogP contribution in [0.2, 0.25) is 0 Å². The van der Waals surface area contributed by atoms with Crippen molar-refractivity contribution in [3.05, 3.63) is 71.3 Å². The molecule has 2 aromatic carbocycles. The molecule has 29 heavy (non-hydrogen) atoms. The second-order valence-electron chi connectivity index (χ2n) is 7.00. The van der Waals surface area contributed by atoms with E-state index in [1.54, 1.807) is 0 Å². The van der Waals surface area contributed by atoms with Crippen molar-refractivity contribution in [2.24, 2.45) is 5.73 Å². The zero-order valence-electron chi connectivity index (χ0n) is 16.3. The van der Waals surface area contributed by atoms with Crippen molar-refractivity contribution in [3.63, 3.8) is 0 Å². The number of anilines is 1. The summed E-state index contributed by atoms with van der Waals surface area (Å²) in [6.07, 6.45) is 2.47. The van der Waals surface area contributed by atoms with Gasteiger partial charge in [-0.25, -0.2) is 8.78 Å². The molecule has 154 valence electrons. The highest BCUT2D eigenvalue weighted by Crippen LogP contribution is 2.22. The number of ether oxygens (including phenoxy) is 1. The van der Waals surface area contributed by atoms with E-state index in [9.17, 15) is 13.6 Å². The number of nitrogens with zero attached hydrogens (tertiary/aromatic N) is 1. The predicted octanol–water partition coefficient (Wildman–Crippen LogP) is 3.02. The normalized spacial score (nSPS) is 18.1. The minimum atomic E-state index is -0.586. The third kappa shape index (κ3) is 5.62. The van der Waals surface area contributed by atoms with Gasteiger partial charge in [-0.2, -0.15) is 0 Å². The second kappa shape index (κ2) is 9.62. The molecule has 0 aromatic heterocycles. The lowest BCUT2D eigenvalue weighted by Gasteiger charge is -2.34. The maximum Gasteiger partial charge on any atom is 0.244 e. The summed E-state index contributed by atoms with van der Waals surface area (Å²) in [6, 6.07) is 10.8. The number of halogens is 2. The minimum absolute atomic E-state index is 0.0119. The van der Waals surface area contributed by atoms with E-state index in [2.05, 4.69) is 10.2 Å². The fourth-order valence-electron chi connectivity index (χ4n) is 3.24. The van der Waals surface area contributed by atoms with Crippen LogP contribution in [0.5, 0.6) is 0 Å². The van der Waals surface area contributed by atoms with E-state index in [0.717, 1.165) is 42.5 Å². The van der Waals surface area contributed by atoms with Crippen LogP contribution in [0.1, 0.15) is 24.1 Å². The first-order chi connectivity index (χ1) is 14.0. The number of rotatable bonds is 6. The Hall–Kier alpha value is -2.77. The highest BCUT2D eigenvalue weighted by atomic mass is 19.1. The average molecular weight is 401 g/mol. The first-order valence-corrected chi connectivity index (χ1v) is 9.56. The molecule has 7 heteroatoms. The van der Waals surface area contributed by atoms with Gasteiger partial charge in [-0.3, -0.25) is 4.79 Å². The molecule has 2 aromatic rings. The highest BCUT2D eigenvalue weighted by Gasteiger charge is 2.20. The number of nitrogens with two attached hydrogens (primary N) is 1. The zero-order valence-corrected chi connectivity index (χ0v) is 16.3. The first kappa shape index (κ1) is 21.0. The van der Waals surface area contributed by atoms with Gasteiger partial charge in [0.2, 0.25) is 5.91 Å². The summed E-state index contributed by atoms with van der Waals surface area (Å²) < 4.78 is 32.5. The van der Waals surface area contributed by atoms with E-state index in [0.29, 0.717) is 13.2 Å². The summed E-state index contributed by atoms with van der Waals surface area (Å²) in [4.78, 5) is 14.4. The molecule has 1 aliphatic rings. The van der Waals surface area contributed by atoms with Gasteiger partial charge in [-0.15, -0.1) is 0 Å². The summed E-state index contributed by atoms with van der Waals surface area (Å²) in [5.74, 6) is -1.53. The molecule has 1 aliphatic heterocycles. The van der Waals surface area contributed by atoms with Gasteiger partial charge < -0.3 is 20.7 Å². The highest BCUT2D eigenvalue weighted by molar-refractivity contribution is 5.92. The van der Waals surface area contributed by atoms with E-state index < -0.39 is 11.6 Å². The van der Waals surface area contributed by atoms with E-state index in [1.807, 2.05) is 31.2 Å². The number of hydrogen-bond donors (Lipinski definition) is 2. The van der Waals surface area contributed by atoms with Crippen LogP contribution in [-0.2, 0) is 9.53 Å². The van der Waals surface area contributed by atoms with Crippen LogP contribution in [-0.4, -0.2) is 38.3 Å². The zero-order chi connectivity index (χ0) is 20.8. The fourth-order valence-corrected chi connectivity index (χ4v) is 3.24. The van der Waals surface area contributed by atoms with Gasteiger partial charge in [-0.05, 0) is 48.9 Å². The number of hydrogen-bond acceptors (Lipinski definition) is 4. The summed E-state index contributed by atoms with van der Waals surface area (Å²) in [5.41, 5.74) is 7.73. The third-order valence-electron chi connectivity index (χ3n) is 4.87. The van der Waals surface area contributed by atoms with Gasteiger partial charge in [-0.1, -0.05) is 12.1 Å². The molecule has 1 heterocycles. The summed E-state index contributed by atoms with van der Waals surface area (Å²) in [7, 11) is 0. The van der Waals surface area contributed by atoms with Crippen LogP contribution in [0.15, 0.2) is 48.5 Å². The SMILES string of the molecule is CC(NC(=O)C=Cc1cc(F)ccc1F)c1cccc(N2CCO[C@@H](CN)C2)c1. The average Bonchev–Trinajstić information content (AvgIpc) is 2.74. The molecule has 1 unspecified atom stereocenters. The Bertz CT molecular complexity index is 888. The minimum Gasteiger partial charge on any atom is -0.373 e. The number of carbonyl (C=O) groups excluding carboxylic acids is 1. The summed E-state index contributed by atoms with van der Waals surface area (Å²) >= 11 is 0. The van der Waals surface area contributed by atoms with Gasteiger partial charge in [0.05, 0.1) is 18.8 Å². The van der Waals surface area contributed by atoms with Gasteiger partial charge in [0.15, 0.2) is 0 Å². The monoisotopic (exact) mass is 401 g/mol. The maximum absolute atomic E-state index is 13.7. The Morgan fingerprint density at radius 3 is 2.97 bits per heavy atom. The van der Waals surface area contributed by atoms with Crippen LogP contribution in [0.25, 0.3) is 6.08 Å². The molecular weight excluding hydrogens is 376 g/mol. The summed E-state index contributed by atoms with van der Waals surface area (Å²) in [5, 5.41) is 2.85. The molecule has 0 bridgehead atoms. The van der Waals surface area contributed by atoms with E-state index in [4.69, 9.17) is 10.5 Å². The first-order valence-electron chi connectivity index (χ1n) is 9.56. The molecule has 2 atom stereocenters. The fraction of sp³-hybridized carbons (Fsp3) is 0.318.